The van der Waals surface area contributed by atoms with Crippen LogP contribution in [0.5, 0.6) is 5.75 Å². The average Bonchev–Trinajstić information content (AvgIpc) is 2.97. The van der Waals surface area contributed by atoms with Crippen molar-refractivity contribution >= 4 is 16.9 Å². The quantitative estimate of drug-likeness (QED) is 0.677. The molecular weight excluding hydrogens is 301 g/mol. The first-order chi connectivity index (χ1) is 11.2. The molecule has 0 radical (unpaired) electrons. The van der Waals surface area contributed by atoms with E-state index in [-0.39, 0.29) is 12.4 Å². The van der Waals surface area contributed by atoms with Gasteiger partial charge in [-0.05, 0) is 23.8 Å². The molecule has 0 spiro atoms. The molecule has 118 valence electrons. The minimum Gasteiger partial charge on any atom is -0.482 e. The number of aromatic nitrogens is 1. The van der Waals surface area contributed by atoms with Gasteiger partial charge in [-0.1, -0.05) is 23.4 Å². The molecule has 2 aromatic carbocycles. The van der Waals surface area contributed by atoms with Gasteiger partial charge in [0.05, 0.1) is 12.8 Å². The van der Waals surface area contributed by atoms with Gasteiger partial charge in [0.15, 0.2) is 12.2 Å². The van der Waals surface area contributed by atoms with Gasteiger partial charge in [0, 0.05) is 17.9 Å². The maximum absolute atomic E-state index is 13.7. The summed E-state index contributed by atoms with van der Waals surface area (Å²) in [6.45, 7) is -0.182. The highest BCUT2D eigenvalue weighted by Gasteiger charge is 2.12. The van der Waals surface area contributed by atoms with Gasteiger partial charge in [-0.2, -0.15) is 0 Å². The van der Waals surface area contributed by atoms with Crippen molar-refractivity contribution in [3.63, 3.8) is 0 Å². The number of halogens is 1. The zero-order valence-electron chi connectivity index (χ0n) is 12.4. The summed E-state index contributed by atoms with van der Waals surface area (Å²) >= 11 is 0. The number of carbonyl (C=O) groups excluding carboxylic acids is 1. The van der Waals surface area contributed by atoms with Gasteiger partial charge >= 0.3 is 5.97 Å². The predicted molar refractivity (Wildman–Crippen MR) is 80.7 cm³/mol. The van der Waals surface area contributed by atoms with Gasteiger partial charge in [-0.3, -0.25) is 0 Å². The minimum absolute atomic E-state index is 0.182. The molecule has 5 nitrogen and oxygen atoms in total. The molecule has 0 atom stereocenters. The molecule has 6 heteroatoms. The molecule has 0 unspecified atom stereocenters. The molecule has 3 aromatic rings. The Kier molecular flexibility index (Phi) is 4.23. The van der Waals surface area contributed by atoms with E-state index in [0.717, 1.165) is 5.39 Å². The van der Waals surface area contributed by atoms with Gasteiger partial charge < -0.3 is 14.0 Å². The largest absolute Gasteiger partial charge is 0.482 e. The highest BCUT2D eigenvalue weighted by atomic mass is 19.1. The third-order valence-electron chi connectivity index (χ3n) is 3.42. The Hall–Kier alpha value is -2.89. The molecule has 0 aliphatic carbocycles. The fourth-order valence-electron chi connectivity index (χ4n) is 2.21. The second-order valence-corrected chi connectivity index (χ2v) is 4.92. The number of esters is 1. The molecule has 0 N–H and O–H groups in total. The molecule has 0 amide bonds. The summed E-state index contributed by atoms with van der Waals surface area (Å²) in [4.78, 5) is 11.1. The summed E-state index contributed by atoms with van der Waals surface area (Å²) < 4.78 is 28.8. The van der Waals surface area contributed by atoms with Crippen molar-refractivity contribution in [3.8, 4) is 5.75 Å². The van der Waals surface area contributed by atoms with Crippen LogP contribution < -0.4 is 4.74 Å². The lowest BCUT2D eigenvalue weighted by Gasteiger charge is -2.04. The van der Waals surface area contributed by atoms with Crippen LogP contribution in [0, 0.1) is 5.82 Å². The molecular formula is C17H14FNO4. The lowest BCUT2D eigenvalue weighted by Crippen LogP contribution is -2.12. The molecule has 0 fully saturated rings. The molecule has 0 aliphatic heterocycles. The number of rotatable bonds is 5. The summed E-state index contributed by atoms with van der Waals surface area (Å²) in [5.74, 6) is -0.277. The Labute approximate surface area is 131 Å². The summed E-state index contributed by atoms with van der Waals surface area (Å²) in [6.07, 6.45) is 0.335. The maximum atomic E-state index is 13.7. The summed E-state index contributed by atoms with van der Waals surface area (Å²) in [7, 11) is 1.29. The summed E-state index contributed by atoms with van der Waals surface area (Å²) in [6, 6.07) is 11.7. The van der Waals surface area contributed by atoms with Crippen LogP contribution in [0.25, 0.3) is 11.0 Å². The van der Waals surface area contributed by atoms with E-state index in [0.29, 0.717) is 29.0 Å². The topological polar surface area (TPSA) is 61.6 Å². The minimum atomic E-state index is -0.470. The van der Waals surface area contributed by atoms with Gasteiger partial charge in [-0.15, -0.1) is 0 Å². The molecule has 0 saturated heterocycles. The van der Waals surface area contributed by atoms with Crippen LogP contribution in [0.3, 0.4) is 0 Å². The van der Waals surface area contributed by atoms with Crippen LogP contribution in [-0.2, 0) is 16.0 Å². The van der Waals surface area contributed by atoms with Crippen LogP contribution in [-0.4, -0.2) is 24.8 Å². The Morgan fingerprint density at radius 2 is 2.09 bits per heavy atom. The first-order valence-electron chi connectivity index (χ1n) is 6.98. The van der Waals surface area contributed by atoms with Gasteiger partial charge in [0.1, 0.15) is 11.6 Å². The van der Waals surface area contributed by atoms with E-state index in [1.165, 1.54) is 13.2 Å². The van der Waals surface area contributed by atoms with Crippen molar-refractivity contribution in [2.75, 3.05) is 13.7 Å². The lowest BCUT2D eigenvalue weighted by molar-refractivity contribution is -0.142. The van der Waals surface area contributed by atoms with E-state index in [1.54, 1.807) is 36.4 Å². The summed E-state index contributed by atoms with van der Waals surface area (Å²) in [5.41, 5.74) is 1.71. The van der Waals surface area contributed by atoms with Crippen molar-refractivity contribution in [2.24, 2.45) is 0 Å². The Morgan fingerprint density at radius 3 is 2.87 bits per heavy atom. The number of methoxy groups -OCH3 is 1. The van der Waals surface area contributed by atoms with Crippen LogP contribution in [0.1, 0.15) is 11.3 Å². The fourth-order valence-corrected chi connectivity index (χ4v) is 2.21. The van der Waals surface area contributed by atoms with E-state index < -0.39 is 5.97 Å². The second kappa shape index (κ2) is 6.48. The monoisotopic (exact) mass is 315 g/mol. The number of benzene rings is 2. The van der Waals surface area contributed by atoms with Crippen molar-refractivity contribution in [1.82, 2.24) is 5.16 Å². The highest BCUT2D eigenvalue weighted by molar-refractivity contribution is 5.81. The first-order valence-corrected chi connectivity index (χ1v) is 6.98. The third kappa shape index (κ3) is 3.31. The van der Waals surface area contributed by atoms with E-state index in [2.05, 4.69) is 9.89 Å². The Bertz CT molecular complexity index is 843. The standard InChI is InChI=1S/C17H14FNO4/c1-21-17(20)10-22-12-6-7-13-15(19-23-16(13)9-12)8-11-4-2-3-5-14(11)18/h2-7,9H,8,10H2,1H3. The average molecular weight is 315 g/mol. The van der Waals surface area contributed by atoms with Crippen LogP contribution in [0.2, 0.25) is 0 Å². The zero-order valence-corrected chi connectivity index (χ0v) is 12.4. The van der Waals surface area contributed by atoms with E-state index in [4.69, 9.17) is 9.26 Å². The van der Waals surface area contributed by atoms with Gasteiger partial charge in [-0.25, -0.2) is 9.18 Å². The zero-order chi connectivity index (χ0) is 16.2. The molecule has 1 heterocycles. The summed E-state index contributed by atoms with van der Waals surface area (Å²) in [5, 5.41) is 4.77. The molecule has 0 saturated carbocycles. The SMILES string of the molecule is COC(=O)COc1ccc2c(Cc3ccccc3F)noc2c1. The van der Waals surface area contributed by atoms with E-state index in [1.807, 2.05) is 0 Å². The third-order valence-corrected chi connectivity index (χ3v) is 3.42. The van der Waals surface area contributed by atoms with Crippen LogP contribution in [0.4, 0.5) is 4.39 Å². The number of nitrogens with zero attached hydrogens (tertiary/aromatic N) is 1. The Morgan fingerprint density at radius 1 is 1.26 bits per heavy atom. The van der Waals surface area contributed by atoms with E-state index in [9.17, 15) is 9.18 Å². The van der Waals surface area contributed by atoms with Crippen LogP contribution in [0.15, 0.2) is 47.0 Å². The predicted octanol–water partition coefficient (Wildman–Crippen LogP) is 3.11. The van der Waals surface area contributed by atoms with Crippen molar-refractivity contribution in [1.29, 1.82) is 0 Å². The molecule has 0 aliphatic rings. The second-order valence-electron chi connectivity index (χ2n) is 4.92. The van der Waals surface area contributed by atoms with Crippen molar-refractivity contribution < 1.29 is 23.2 Å². The van der Waals surface area contributed by atoms with Gasteiger partial charge in [0.2, 0.25) is 0 Å². The molecule has 0 bridgehead atoms. The number of fused-ring (bicyclic) bond motifs is 1. The fraction of sp³-hybridized carbons (Fsp3) is 0.176. The number of carbonyl (C=O) groups is 1. The number of ether oxygens (including phenoxy) is 2. The van der Waals surface area contributed by atoms with Crippen LogP contribution >= 0.6 is 0 Å². The number of hydrogen-bond donors (Lipinski definition) is 0. The van der Waals surface area contributed by atoms with Gasteiger partial charge in [0.25, 0.3) is 0 Å². The lowest BCUT2D eigenvalue weighted by atomic mass is 10.1. The highest BCUT2D eigenvalue weighted by Crippen LogP contribution is 2.25. The van der Waals surface area contributed by atoms with Crippen molar-refractivity contribution in [2.45, 2.75) is 6.42 Å². The number of hydrogen-bond acceptors (Lipinski definition) is 5. The molecule has 3 rings (SSSR count). The molecule has 23 heavy (non-hydrogen) atoms. The van der Waals surface area contributed by atoms with Crippen molar-refractivity contribution in [3.05, 3.63) is 59.5 Å². The Balaban J connectivity index is 1.81. The maximum Gasteiger partial charge on any atom is 0.343 e. The van der Waals surface area contributed by atoms with E-state index >= 15 is 0 Å². The molecule has 1 aromatic heterocycles. The smallest absolute Gasteiger partial charge is 0.343 e. The normalized spacial score (nSPS) is 10.7. The first kappa shape index (κ1) is 15.0.